The van der Waals surface area contributed by atoms with Crippen LogP contribution in [0.25, 0.3) is 0 Å². The van der Waals surface area contributed by atoms with Gasteiger partial charge < -0.3 is 11.0 Å². The third kappa shape index (κ3) is 6.57. The average molecular weight is 197 g/mol. The van der Waals surface area contributed by atoms with Gasteiger partial charge in [0.05, 0.1) is 0 Å². The molecule has 1 aromatic rings. The lowest BCUT2D eigenvalue weighted by atomic mass is 9.94. The van der Waals surface area contributed by atoms with Gasteiger partial charge in [0.25, 0.3) is 0 Å². The summed E-state index contributed by atoms with van der Waals surface area (Å²) in [4.78, 5) is 0. The maximum absolute atomic E-state index is 2.41. The lowest BCUT2D eigenvalue weighted by molar-refractivity contribution is 0.823. The van der Waals surface area contributed by atoms with E-state index in [0.717, 1.165) is 0 Å². The highest BCUT2D eigenvalue weighted by Gasteiger charge is 2.14. The summed E-state index contributed by atoms with van der Waals surface area (Å²) in [7, 11) is -1.02. The Kier molecular flexibility index (Phi) is 6.85. The van der Waals surface area contributed by atoms with Crippen LogP contribution in [0.1, 0.15) is 0 Å². The summed E-state index contributed by atoms with van der Waals surface area (Å²) in [5, 5.41) is 0. The first-order valence-corrected chi connectivity index (χ1v) is 7.57. The fraction of sp³-hybridized carbons (Fsp3) is 0.333. The molecule has 0 saturated carbocycles. The van der Waals surface area contributed by atoms with Crippen LogP contribution in [0.4, 0.5) is 0 Å². The average Bonchev–Trinajstić information content (AvgIpc) is 1.85. The Morgan fingerprint density at radius 1 is 0.923 bits per heavy atom. The molecule has 0 aliphatic carbocycles. The molecule has 73 valence electrons. The van der Waals surface area contributed by atoms with Gasteiger partial charge in [-0.2, -0.15) is 0 Å². The molecule has 0 unspecified atom stereocenters. The fourth-order valence-corrected chi connectivity index (χ4v) is 2.24. The molecule has 1 rings (SSSR count). The van der Waals surface area contributed by atoms with Crippen molar-refractivity contribution in [3.63, 3.8) is 0 Å². The van der Waals surface area contributed by atoms with Crippen LogP contribution in [0.3, 0.4) is 0 Å². The molecule has 0 atom stereocenters. The van der Waals surface area contributed by atoms with Crippen molar-refractivity contribution in [2.75, 3.05) is 0 Å². The zero-order valence-corrected chi connectivity index (χ0v) is 9.46. The highest BCUT2D eigenvalue weighted by molar-refractivity contribution is 7.27. The van der Waals surface area contributed by atoms with Gasteiger partial charge in [0, 0.05) is 7.94 Å². The van der Waals surface area contributed by atoms with Crippen molar-refractivity contribution in [3.8, 4) is 0 Å². The fourth-order valence-electron chi connectivity index (χ4n) is 1.05. The van der Waals surface area contributed by atoms with Crippen molar-refractivity contribution in [3.05, 3.63) is 30.3 Å². The number of rotatable bonds is 2. The Morgan fingerprint density at radius 2 is 1.38 bits per heavy atom. The van der Waals surface area contributed by atoms with E-state index in [1.54, 1.807) is 0 Å². The molecule has 0 fully saturated rings. The van der Waals surface area contributed by atoms with Crippen LogP contribution < -0.4 is 5.46 Å². The van der Waals surface area contributed by atoms with Crippen molar-refractivity contribution in [2.24, 2.45) is 0 Å². The smallest absolute Gasteiger partial charge is 0.144 e. The molecule has 13 heavy (non-hydrogen) atoms. The van der Waals surface area contributed by atoms with E-state index in [9.17, 15) is 0 Å². The minimum atomic E-state index is -1.02. The minimum Gasteiger partial charge on any atom is -0.412 e. The Morgan fingerprint density at radius 3 is 1.77 bits per heavy atom. The zero-order chi connectivity index (χ0) is 8.32. The van der Waals surface area contributed by atoms with E-state index < -0.39 is 7.94 Å². The van der Waals surface area contributed by atoms with Crippen molar-refractivity contribution < 1.29 is 11.0 Å². The summed E-state index contributed by atoms with van der Waals surface area (Å²) in [5.74, 6) is 0. The first-order valence-electron chi connectivity index (χ1n) is 3.99. The van der Waals surface area contributed by atoms with Crippen molar-refractivity contribution in [1.82, 2.24) is 0 Å². The molecule has 0 aromatic heterocycles. The third-order valence-electron chi connectivity index (χ3n) is 1.40. The van der Waals surface area contributed by atoms with Crippen LogP contribution in [-0.2, 0) is 0 Å². The van der Waals surface area contributed by atoms with Gasteiger partial charge in [-0.15, -0.1) is 0 Å². The van der Waals surface area contributed by atoms with E-state index in [1.165, 1.54) is 5.46 Å². The lowest BCUT2D eigenvalue weighted by Gasteiger charge is -2.13. The summed E-state index contributed by atoms with van der Waals surface area (Å²) in [5.41, 5.74) is 1.37. The van der Waals surface area contributed by atoms with Gasteiger partial charge in [-0.25, -0.2) is 0 Å². The van der Waals surface area contributed by atoms with Gasteiger partial charge in [-0.1, -0.05) is 55.4 Å². The Bertz CT molecular complexity index is 221. The first-order chi connectivity index (χ1) is 5.08. The molecular formula is C9H18BO2Si. The van der Waals surface area contributed by atoms with Crippen LogP contribution in [-0.4, -0.2) is 25.8 Å². The van der Waals surface area contributed by atoms with E-state index in [2.05, 4.69) is 56.8 Å². The molecule has 0 spiro atoms. The Labute approximate surface area is 81.8 Å². The number of hydrogen-bond acceptors (Lipinski definition) is 0. The Balaban J connectivity index is 0. The van der Waals surface area contributed by atoms with Gasteiger partial charge in [-0.3, -0.25) is 0 Å². The number of hydrogen-bond donors (Lipinski definition) is 0. The van der Waals surface area contributed by atoms with Crippen molar-refractivity contribution >= 4 is 20.3 Å². The largest absolute Gasteiger partial charge is 0.412 e. The molecule has 1 aromatic carbocycles. The van der Waals surface area contributed by atoms with Gasteiger partial charge in [0.1, 0.15) is 6.87 Å². The SMILES string of the molecule is C[Si](C)(C)[B]c1ccccc1.O.O. The first kappa shape index (κ1) is 14.9. The van der Waals surface area contributed by atoms with Crippen molar-refractivity contribution in [2.45, 2.75) is 19.6 Å². The molecule has 1 radical (unpaired) electrons. The molecule has 0 bridgehead atoms. The normalized spacial score (nSPS) is 9.46. The molecule has 2 nitrogen and oxygen atoms in total. The summed E-state index contributed by atoms with van der Waals surface area (Å²) < 4.78 is 0. The third-order valence-corrected chi connectivity index (χ3v) is 2.60. The second-order valence-electron chi connectivity index (χ2n) is 3.92. The summed E-state index contributed by atoms with van der Waals surface area (Å²) >= 11 is 0. The van der Waals surface area contributed by atoms with Crippen molar-refractivity contribution in [1.29, 1.82) is 0 Å². The summed E-state index contributed by atoms with van der Waals surface area (Å²) in [6.45, 7) is 9.45. The molecule has 4 heteroatoms. The van der Waals surface area contributed by atoms with Gasteiger partial charge in [-0.05, 0) is 0 Å². The van der Waals surface area contributed by atoms with Crippen LogP contribution in [0.5, 0.6) is 0 Å². The Hall–Kier alpha value is -0.578. The lowest BCUT2D eigenvalue weighted by Crippen LogP contribution is -2.38. The van der Waals surface area contributed by atoms with E-state index in [0.29, 0.717) is 0 Å². The van der Waals surface area contributed by atoms with E-state index >= 15 is 0 Å². The zero-order valence-electron chi connectivity index (χ0n) is 8.46. The van der Waals surface area contributed by atoms with Crippen LogP contribution >= 0.6 is 0 Å². The highest BCUT2D eigenvalue weighted by atomic mass is 28.3. The molecule has 0 saturated heterocycles. The van der Waals surface area contributed by atoms with E-state index in [-0.39, 0.29) is 11.0 Å². The second kappa shape index (κ2) is 5.96. The number of benzene rings is 1. The maximum atomic E-state index is 2.41. The monoisotopic (exact) mass is 197 g/mol. The molecule has 0 aliphatic rings. The molecule has 0 amide bonds. The second-order valence-corrected chi connectivity index (χ2v) is 8.94. The van der Waals surface area contributed by atoms with Gasteiger partial charge in [0.2, 0.25) is 0 Å². The molecular weight excluding hydrogens is 179 g/mol. The van der Waals surface area contributed by atoms with Gasteiger partial charge >= 0.3 is 0 Å². The minimum absolute atomic E-state index is 0. The molecule has 0 heterocycles. The molecule has 0 aliphatic heterocycles. The van der Waals surface area contributed by atoms with Crippen LogP contribution in [0.15, 0.2) is 30.3 Å². The summed E-state index contributed by atoms with van der Waals surface area (Å²) in [6, 6.07) is 10.6. The van der Waals surface area contributed by atoms with Crippen LogP contribution in [0.2, 0.25) is 19.6 Å². The topological polar surface area (TPSA) is 63.0 Å². The van der Waals surface area contributed by atoms with E-state index in [1.807, 2.05) is 0 Å². The quantitative estimate of drug-likeness (QED) is 0.608. The molecule has 4 N–H and O–H groups in total. The predicted molar refractivity (Wildman–Crippen MR) is 62.4 cm³/mol. The van der Waals surface area contributed by atoms with Gasteiger partial charge in [0.15, 0.2) is 0 Å². The van der Waals surface area contributed by atoms with E-state index in [4.69, 9.17) is 0 Å². The van der Waals surface area contributed by atoms with Crippen LogP contribution in [0, 0.1) is 0 Å². The standard InChI is InChI=1S/C9H14BSi.2H2O/c1-11(2,3)10-9-7-5-4-6-8-9;;/h4-8H,1-3H3;2*1H2. The highest BCUT2D eigenvalue weighted by Crippen LogP contribution is 1.97. The maximum Gasteiger partial charge on any atom is 0.144 e. The predicted octanol–water partition coefficient (Wildman–Crippen LogP) is 0.202. The summed E-state index contributed by atoms with van der Waals surface area (Å²) in [6.07, 6.45) is 0.